The van der Waals surface area contributed by atoms with E-state index in [0.717, 1.165) is 0 Å². The van der Waals surface area contributed by atoms with Crippen molar-refractivity contribution in [3.63, 3.8) is 0 Å². The van der Waals surface area contributed by atoms with Crippen molar-refractivity contribution in [3.05, 3.63) is 0 Å². The minimum atomic E-state index is -2.32. The predicted molar refractivity (Wildman–Crippen MR) is 152 cm³/mol. The maximum absolute atomic E-state index is 16.3. The van der Waals surface area contributed by atoms with E-state index in [-0.39, 0.29) is 16.7 Å². The fourth-order valence-corrected chi connectivity index (χ4v) is 6.75. The molecule has 210 valence electrons. The fraction of sp³-hybridized carbons (Fsp3) is 0.920. The smallest absolute Gasteiger partial charge is 0.416 e. The molecule has 0 aromatic rings. The highest BCUT2D eigenvalue weighted by Gasteiger charge is 2.54. The Labute approximate surface area is 224 Å². The third-order valence-electron chi connectivity index (χ3n) is 7.68. The summed E-state index contributed by atoms with van der Waals surface area (Å²) in [5.41, 5.74) is -1.21. The number of amides is 1. The maximum atomic E-state index is 16.3. The van der Waals surface area contributed by atoms with Gasteiger partial charge in [0.15, 0.2) is 28.0 Å². The number of nitrogens with zero attached hydrogens (tertiary/aromatic N) is 2. The highest BCUT2D eigenvalue weighted by Crippen LogP contribution is 2.44. The van der Waals surface area contributed by atoms with Crippen molar-refractivity contribution in [2.45, 2.75) is 134 Å². The number of alkyl halides is 1. The van der Waals surface area contributed by atoms with Crippen molar-refractivity contribution >= 4 is 39.7 Å². The quantitative estimate of drug-likeness (QED) is 0.342. The summed E-state index contributed by atoms with van der Waals surface area (Å²) >= 11 is 1.25. The van der Waals surface area contributed by atoms with Gasteiger partial charge in [-0.25, -0.2) is 9.18 Å². The number of thioether (sulfide) groups is 1. The molecular weight excluding hydrogens is 516 g/mol. The molecule has 0 aromatic carbocycles. The van der Waals surface area contributed by atoms with E-state index in [1.807, 2.05) is 0 Å². The van der Waals surface area contributed by atoms with E-state index in [1.165, 1.54) is 16.7 Å². The monoisotopic (exact) mass is 564 g/mol. The van der Waals surface area contributed by atoms with Crippen molar-refractivity contribution in [2.24, 2.45) is 4.99 Å². The molecule has 5 atom stereocenters. The zero-order chi connectivity index (χ0) is 28.1. The first-order valence-corrected chi connectivity index (χ1v) is 19.5. The maximum Gasteiger partial charge on any atom is 0.416 e. The van der Waals surface area contributed by atoms with Gasteiger partial charge in [-0.3, -0.25) is 9.89 Å². The van der Waals surface area contributed by atoms with E-state index >= 15 is 4.39 Å². The van der Waals surface area contributed by atoms with Gasteiger partial charge in [0.25, 0.3) is 0 Å². The molecule has 1 amide bonds. The van der Waals surface area contributed by atoms with Crippen molar-refractivity contribution in [3.8, 4) is 0 Å². The Kier molecular flexibility index (Phi) is 9.35. The molecule has 0 N–H and O–H groups in total. The van der Waals surface area contributed by atoms with Crippen LogP contribution in [-0.4, -0.2) is 81.9 Å². The first-order valence-electron chi connectivity index (χ1n) is 12.8. The number of ether oxygens (including phenoxy) is 2. The normalized spacial score (nSPS) is 28.0. The summed E-state index contributed by atoms with van der Waals surface area (Å²) in [7, 11) is -2.82. The lowest BCUT2D eigenvalue weighted by molar-refractivity contribution is -0.137. The lowest BCUT2D eigenvalue weighted by Gasteiger charge is -2.47. The molecule has 0 unspecified atom stereocenters. The first-order chi connectivity index (χ1) is 16.0. The van der Waals surface area contributed by atoms with Gasteiger partial charge >= 0.3 is 6.09 Å². The van der Waals surface area contributed by atoms with E-state index in [4.69, 9.17) is 18.3 Å². The molecule has 0 aromatic heterocycles. The van der Waals surface area contributed by atoms with Gasteiger partial charge in [-0.2, -0.15) is 0 Å². The topological polar surface area (TPSA) is 69.6 Å². The van der Waals surface area contributed by atoms with Crippen LogP contribution >= 0.6 is 11.8 Å². The summed E-state index contributed by atoms with van der Waals surface area (Å²) in [5, 5.41) is 0.312. The van der Waals surface area contributed by atoms with Crippen LogP contribution in [-0.2, 0) is 18.3 Å². The Balaban J connectivity index is 2.31. The molecule has 0 radical (unpaired) electrons. The van der Waals surface area contributed by atoms with Crippen molar-refractivity contribution in [1.82, 2.24) is 4.90 Å². The Bertz CT molecular complexity index is 836. The SMILES string of the molecule is CN(C(=O)OC(C)(C)C)C1=N[C@@H]2[C@@H](F)[C@H](O[Si](C)(C)C(C)(C)C)[C@@H](CO[Si](C)(C)C(C)(C)C)O[C@@H]2S1. The highest BCUT2D eigenvalue weighted by atomic mass is 32.2. The molecule has 0 spiro atoms. The Morgan fingerprint density at radius 3 is 2.03 bits per heavy atom. The van der Waals surface area contributed by atoms with E-state index in [9.17, 15) is 4.79 Å². The molecule has 36 heavy (non-hydrogen) atoms. The Hall–Kier alpha value is -0.466. The molecule has 2 rings (SSSR count). The van der Waals surface area contributed by atoms with Gasteiger partial charge in [0.2, 0.25) is 0 Å². The Morgan fingerprint density at radius 1 is 1.03 bits per heavy atom. The first kappa shape index (κ1) is 31.7. The van der Waals surface area contributed by atoms with Crippen molar-refractivity contribution < 1.29 is 27.5 Å². The number of rotatable bonds is 5. The predicted octanol–water partition coefficient (Wildman–Crippen LogP) is 6.80. The summed E-state index contributed by atoms with van der Waals surface area (Å²) in [4.78, 5) is 18.5. The van der Waals surface area contributed by atoms with Gasteiger partial charge in [0.1, 0.15) is 29.3 Å². The molecule has 0 aliphatic carbocycles. The number of amidine groups is 1. The van der Waals surface area contributed by atoms with Crippen LogP contribution in [0.2, 0.25) is 36.3 Å². The Morgan fingerprint density at radius 2 is 1.56 bits per heavy atom. The van der Waals surface area contributed by atoms with Gasteiger partial charge in [0, 0.05) is 7.05 Å². The minimum Gasteiger partial charge on any atom is -0.443 e. The zero-order valence-electron chi connectivity index (χ0n) is 24.8. The molecule has 1 fully saturated rings. The van der Waals surface area contributed by atoms with E-state index in [1.54, 1.807) is 27.8 Å². The number of aliphatic imine (C=N–C) groups is 1. The summed E-state index contributed by atoms with van der Waals surface area (Å²) in [6.45, 7) is 27.2. The number of hydrogen-bond donors (Lipinski definition) is 0. The second kappa shape index (κ2) is 10.6. The average molecular weight is 565 g/mol. The zero-order valence-corrected chi connectivity index (χ0v) is 27.6. The van der Waals surface area contributed by atoms with Crippen LogP contribution in [0.1, 0.15) is 62.3 Å². The number of halogens is 1. The number of hydrogen-bond acceptors (Lipinski definition) is 7. The third kappa shape index (κ3) is 7.34. The van der Waals surface area contributed by atoms with E-state index < -0.39 is 58.2 Å². The van der Waals surface area contributed by atoms with Crippen LogP contribution in [0, 0.1) is 0 Å². The van der Waals surface area contributed by atoms with Crippen LogP contribution in [0.25, 0.3) is 0 Å². The fourth-order valence-electron chi connectivity index (χ4n) is 3.24. The second-order valence-corrected chi connectivity index (χ2v) is 24.6. The van der Waals surface area contributed by atoms with Gasteiger partial charge in [0.05, 0.1) is 6.61 Å². The lowest BCUT2D eigenvalue weighted by atomic mass is 10.00. The number of carbonyl (C=O) groups is 1. The molecule has 0 bridgehead atoms. The summed E-state index contributed by atoms with van der Waals surface area (Å²) in [6.07, 6.45) is -3.29. The van der Waals surface area contributed by atoms with Crippen LogP contribution in [0.3, 0.4) is 0 Å². The second-order valence-electron chi connectivity index (χ2n) is 14.0. The van der Waals surface area contributed by atoms with Gasteiger partial charge in [-0.15, -0.1) is 0 Å². The molecule has 1 saturated heterocycles. The largest absolute Gasteiger partial charge is 0.443 e. The molecule has 11 heteroatoms. The van der Waals surface area contributed by atoms with Crippen molar-refractivity contribution in [1.29, 1.82) is 0 Å². The molecule has 2 heterocycles. The van der Waals surface area contributed by atoms with Gasteiger partial charge in [-0.05, 0) is 57.0 Å². The van der Waals surface area contributed by atoms with E-state index in [0.29, 0.717) is 5.17 Å². The highest BCUT2D eigenvalue weighted by molar-refractivity contribution is 8.14. The molecule has 2 aliphatic heterocycles. The van der Waals surface area contributed by atoms with Crippen LogP contribution < -0.4 is 0 Å². The summed E-state index contributed by atoms with van der Waals surface area (Å²) < 4.78 is 41.3. The average Bonchev–Trinajstić information content (AvgIpc) is 3.09. The summed E-state index contributed by atoms with van der Waals surface area (Å²) in [5.74, 6) is 0. The van der Waals surface area contributed by atoms with Crippen molar-refractivity contribution in [2.75, 3.05) is 13.7 Å². The molecule has 7 nitrogen and oxygen atoms in total. The van der Waals surface area contributed by atoms with E-state index in [2.05, 4.69) is 72.7 Å². The molecule has 2 aliphatic rings. The molecule has 0 saturated carbocycles. The standard InChI is InChI=1S/C25H49FN2O5SSi2/c1-23(2,3)32-22(29)28(10)21-27-18-17(26)19(33-36(13,14)25(7,8)9)16(31-20(18)34-21)15-30-35(11,12)24(4,5)6/h16-20H,15H2,1-14H3/t16-,17-,18-,19-,20-/m1/s1. The number of fused-ring (bicyclic) bond motifs is 1. The third-order valence-corrected chi connectivity index (χ3v) is 17.9. The molecular formula is C25H49FN2O5SSi2. The van der Waals surface area contributed by atoms with Crippen LogP contribution in [0.4, 0.5) is 9.18 Å². The van der Waals surface area contributed by atoms with Gasteiger partial charge in [-0.1, -0.05) is 53.3 Å². The van der Waals surface area contributed by atoms with Crippen LogP contribution in [0.5, 0.6) is 0 Å². The minimum absolute atomic E-state index is 0.0175. The lowest BCUT2D eigenvalue weighted by Crippen LogP contribution is -2.60. The van der Waals surface area contributed by atoms with Gasteiger partial charge < -0.3 is 18.3 Å². The van der Waals surface area contributed by atoms with Crippen LogP contribution in [0.15, 0.2) is 4.99 Å². The summed E-state index contributed by atoms with van der Waals surface area (Å²) in [6, 6.07) is -0.770. The number of carbonyl (C=O) groups excluding carboxylic acids is 1.